The fraction of sp³-hybridized carbons (Fsp3) is 0.417. The number of nitrogens with one attached hydrogen (secondary N) is 2. The number of benzene rings is 2. The molecule has 2 N–H and O–H groups in total. The molecule has 2 heterocycles. The molecule has 2 aromatic carbocycles. The van der Waals surface area contributed by atoms with Crippen molar-refractivity contribution in [2.24, 2.45) is 0 Å². The van der Waals surface area contributed by atoms with Crippen LogP contribution in [-0.4, -0.2) is 63.2 Å². The molecule has 1 saturated heterocycles. The second-order valence-electron chi connectivity index (χ2n) is 8.37. The van der Waals surface area contributed by atoms with Crippen molar-refractivity contribution in [3.63, 3.8) is 0 Å². The molecule has 33 heavy (non-hydrogen) atoms. The molecule has 0 radical (unpaired) electrons. The predicted octanol–water partition coefficient (Wildman–Crippen LogP) is 2.48. The number of hydrogen-bond acceptors (Lipinski definition) is 5. The standard InChI is InChI=1S/C24H28F2N4O3/c1-29-8-2-3-16-13-17(4-7-21(16)29)22(30-9-11-33-12-10-30)15-27-23(31)24(32)28-20-14-18(25)5-6-19(20)26/h4-7,13-14,22H,2-3,8-12,15H2,1H3,(H,27,31)(H,28,32)/t22-/m0/s1. The van der Waals surface area contributed by atoms with Gasteiger partial charge in [-0.1, -0.05) is 12.1 Å². The summed E-state index contributed by atoms with van der Waals surface area (Å²) in [6, 6.07) is 8.88. The van der Waals surface area contributed by atoms with E-state index >= 15 is 0 Å². The average Bonchev–Trinajstić information content (AvgIpc) is 2.82. The van der Waals surface area contributed by atoms with E-state index in [1.165, 1.54) is 11.3 Å². The number of halogens is 2. The van der Waals surface area contributed by atoms with Gasteiger partial charge in [-0.15, -0.1) is 0 Å². The number of amides is 2. The van der Waals surface area contributed by atoms with E-state index in [-0.39, 0.29) is 18.3 Å². The van der Waals surface area contributed by atoms with Crippen LogP contribution in [0.4, 0.5) is 20.2 Å². The summed E-state index contributed by atoms with van der Waals surface area (Å²) < 4.78 is 32.6. The Morgan fingerprint density at radius 2 is 1.85 bits per heavy atom. The zero-order valence-electron chi connectivity index (χ0n) is 18.6. The van der Waals surface area contributed by atoms with Gasteiger partial charge >= 0.3 is 11.8 Å². The normalized spacial score (nSPS) is 17.2. The van der Waals surface area contributed by atoms with Gasteiger partial charge in [0.15, 0.2) is 0 Å². The highest BCUT2D eigenvalue weighted by Crippen LogP contribution is 2.31. The first-order chi connectivity index (χ1) is 15.9. The van der Waals surface area contributed by atoms with Crippen molar-refractivity contribution in [2.75, 3.05) is 56.7 Å². The van der Waals surface area contributed by atoms with E-state index in [0.717, 1.165) is 43.1 Å². The third-order valence-electron chi connectivity index (χ3n) is 6.16. The summed E-state index contributed by atoms with van der Waals surface area (Å²) in [5.74, 6) is -3.48. The third-order valence-corrected chi connectivity index (χ3v) is 6.16. The lowest BCUT2D eigenvalue weighted by molar-refractivity contribution is -0.136. The molecule has 1 atom stereocenters. The molecule has 0 spiro atoms. The first-order valence-corrected chi connectivity index (χ1v) is 11.1. The minimum atomic E-state index is -1.05. The van der Waals surface area contributed by atoms with Gasteiger partial charge in [0.25, 0.3) is 0 Å². The number of aryl methyl sites for hydroxylation is 1. The van der Waals surface area contributed by atoms with Crippen molar-refractivity contribution >= 4 is 23.2 Å². The first-order valence-electron chi connectivity index (χ1n) is 11.1. The second-order valence-corrected chi connectivity index (χ2v) is 8.37. The monoisotopic (exact) mass is 458 g/mol. The topological polar surface area (TPSA) is 73.9 Å². The third kappa shape index (κ3) is 5.48. The molecule has 2 aliphatic heterocycles. The van der Waals surface area contributed by atoms with Crippen LogP contribution in [0.2, 0.25) is 0 Å². The summed E-state index contributed by atoms with van der Waals surface area (Å²) in [4.78, 5) is 29.2. The van der Waals surface area contributed by atoms with E-state index in [1.807, 2.05) is 0 Å². The van der Waals surface area contributed by atoms with Crippen molar-refractivity contribution in [1.29, 1.82) is 0 Å². The molecule has 2 amide bonds. The summed E-state index contributed by atoms with van der Waals surface area (Å²) in [6.07, 6.45) is 2.08. The van der Waals surface area contributed by atoms with Crippen LogP contribution in [0.3, 0.4) is 0 Å². The number of carbonyl (C=O) groups excluding carboxylic acids is 2. The van der Waals surface area contributed by atoms with E-state index in [4.69, 9.17) is 4.74 Å². The number of carbonyl (C=O) groups is 2. The van der Waals surface area contributed by atoms with Crippen LogP contribution < -0.4 is 15.5 Å². The zero-order valence-corrected chi connectivity index (χ0v) is 18.6. The lowest BCUT2D eigenvalue weighted by Gasteiger charge is -2.36. The van der Waals surface area contributed by atoms with Crippen LogP contribution in [0.5, 0.6) is 0 Å². The molecular formula is C24H28F2N4O3. The minimum Gasteiger partial charge on any atom is -0.379 e. The summed E-state index contributed by atoms with van der Waals surface area (Å²) in [7, 11) is 2.08. The van der Waals surface area contributed by atoms with Crippen LogP contribution in [0.1, 0.15) is 23.6 Å². The highest BCUT2D eigenvalue weighted by Gasteiger charge is 2.26. The van der Waals surface area contributed by atoms with Gasteiger partial charge < -0.3 is 20.3 Å². The van der Waals surface area contributed by atoms with Crippen LogP contribution >= 0.6 is 0 Å². The molecule has 2 aromatic rings. The number of anilines is 2. The Morgan fingerprint density at radius 3 is 2.64 bits per heavy atom. The molecule has 9 heteroatoms. The average molecular weight is 459 g/mol. The van der Waals surface area contributed by atoms with Crippen LogP contribution in [0.25, 0.3) is 0 Å². The predicted molar refractivity (Wildman–Crippen MR) is 121 cm³/mol. The van der Waals surface area contributed by atoms with Gasteiger partial charge in [0.1, 0.15) is 11.6 Å². The van der Waals surface area contributed by atoms with Gasteiger partial charge in [-0.25, -0.2) is 8.78 Å². The zero-order chi connectivity index (χ0) is 23.4. The molecule has 0 aromatic heterocycles. The maximum absolute atomic E-state index is 13.8. The summed E-state index contributed by atoms with van der Waals surface area (Å²) >= 11 is 0. The fourth-order valence-electron chi connectivity index (χ4n) is 4.40. The summed E-state index contributed by atoms with van der Waals surface area (Å²) in [5, 5.41) is 4.80. The maximum atomic E-state index is 13.8. The van der Waals surface area contributed by atoms with Crippen molar-refractivity contribution < 1.29 is 23.1 Å². The largest absolute Gasteiger partial charge is 0.379 e. The molecule has 0 bridgehead atoms. The van der Waals surface area contributed by atoms with E-state index in [2.05, 4.69) is 45.7 Å². The first kappa shape index (κ1) is 23.1. The fourth-order valence-corrected chi connectivity index (χ4v) is 4.40. The number of morpholine rings is 1. The van der Waals surface area contributed by atoms with Gasteiger partial charge in [-0.05, 0) is 42.2 Å². The molecule has 0 unspecified atom stereocenters. The Labute approximate surface area is 191 Å². The number of fused-ring (bicyclic) bond motifs is 1. The molecule has 4 rings (SSSR count). The van der Waals surface area contributed by atoms with Gasteiger partial charge in [0.2, 0.25) is 0 Å². The Morgan fingerprint density at radius 1 is 1.06 bits per heavy atom. The van der Waals surface area contributed by atoms with Crippen molar-refractivity contribution in [3.05, 3.63) is 59.2 Å². The van der Waals surface area contributed by atoms with E-state index < -0.39 is 23.4 Å². The number of rotatable bonds is 5. The molecule has 7 nitrogen and oxygen atoms in total. The van der Waals surface area contributed by atoms with Gasteiger partial charge in [0.05, 0.1) is 24.9 Å². The van der Waals surface area contributed by atoms with Gasteiger partial charge in [-0.3, -0.25) is 14.5 Å². The summed E-state index contributed by atoms with van der Waals surface area (Å²) in [5.41, 5.74) is 3.16. The number of hydrogen-bond donors (Lipinski definition) is 2. The van der Waals surface area contributed by atoms with Crippen LogP contribution in [0.15, 0.2) is 36.4 Å². The van der Waals surface area contributed by atoms with E-state index in [0.29, 0.717) is 26.3 Å². The molecular weight excluding hydrogens is 430 g/mol. The van der Waals surface area contributed by atoms with Crippen LogP contribution in [0, 0.1) is 11.6 Å². The van der Waals surface area contributed by atoms with Crippen molar-refractivity contribution in [3.8, 4) is 0 Å². The SMILES string of the molecule is CN1CCCc2cc([C@H](CNC(=O)C(=O)Nc3cc(F)ccc3F)N3CCOCC3)ccc21. The van der Waals surface area contributed by atoms with E-state index in [1.54, 1.807) is 0 Å². The molecule has 1 fully saturated rings. The highest BCUT2D eigenvalue weighted by atomic mass is 19.1. The summed E-state index contributed by atoms with van der Waals surface area (Å²) in [6.45, 7) is 3.83. The Hall–Kier alpha value is -3.04. The van der Waals surface area contributed by atoms with Crippen LogP contribution in [-0.2, 0) is 20.7 Å². The molecule has 176 valence electrons. The van der Waals surface area contributed by atoms with Crippen molar-refractivity contribution in [1.82, 2.24) is 10.2 Å². The quantitative estimate of drug-likeness (QED) is 0.674. The lowest BCUT2D eigenvalue weighted by Crippen LogP contribution is -2.45. The van der Waals surface area contributed by atoms with Gasteiger partial charge in [-0.2, -0.15) is 0 Å². The Balaban J connectivity index is 1.47. The van der Waals surface area contributed by atoms with E-state index in [9.17, 15) is 18.4 Å². The molecule has 2 aliphatic rings. The number of ether oxygens (including phenoxy) is 1. The maximum Gasteiger partial charge on any atom is 0.313 e. The van der Waals surface area contributed by atoms with Crippen molar-refractivity contribution in [2.45, 2.75) is 18.9 Å². The smallest absolute Gasteiger partial charge is 0.313 e. The molecule has 0 saturated carbocycles. The minimum absolute atomic E-state index is 0.144. The Kier molecular flexibility index (Phi) is 7.20. The Bertz CT molecular complexity index is 1030. The second kappa shape index (κ2) is 10.3. The van der Waals surface area contributed by atoms with Gasteiger partial charge in [0, 0.05) is 45.0 Å². The lowest BCUT2D eigenvalue weighted by atomic mass is 9.95. The molecule has 0 aliphatic carbocycles. The highest BCUT2D eigenvalue weighted by molar-refractivity contribution is 6.39. The number of nitrogens with zero attached hydrogens (tertiary/aromatic N) is 2.